The first-order valence-electron chi connectivity index (χ1n) is 4.19. The lowest BCUT2D eigenvalue weighted by Gasteiger charge is -2.09. The smallest absolute Gasteiger partial charge is 0.123 e. The molecule has 15 heavy (non-hydrogen) atoms. The molecule has 2 aromatic rings. The largest absolute Gasteiger partial charge is 0.382 e. The van der Waals surface area contributed by atoms with Gasteiger partial charge in [0.15, 0.2) is 0 Å². The van der Waals surface area contributed by atoms with Gasteiger partial charge in [0.1, 0.15) is 6.10 Å². The number of hydrogen-bond donors (Lipinski definition) is 1. The van der Waals surface area contributed by atoms with E-state index in [1.165, 1.54) is 0 Å². The summed E-state index contributed by atoms with van der Waals surface area (Å²) in [6, 6.07) is 1.91. The maximum absolute atomic E-state index is 10.2. The number of rotatable bonds is 2. The van der Waals surface area contributed by atoms with Gasteiger partial charge in [0.05, 0.1) is 20.1 Å². The highest BCUT2D eigenvalue weighted by atomic mass is 79.9. The monoisotopic (exact) mass is 350 g/mol. The maximum Gasteiger partial charge on any atom is 0.123 e. The van der Waals surface area contributed by atoms with Crippen molar-refractivity contribution < 1.29 is 5.11 Å². The van der Waals surface area contributed by atoms with Crippen molar-refractivity contribution in [2.24, 2.45) is 7.05 Å². The molecule has 0 bridgehead atoms. The van der Waals surface area contributed by atoms with Crippen LogP contribution in [-0.2, 0) is 7.05 Å². The number of aliphatic hydroxyl groups excluding tert-OH is 1. The van der Waals surface area contributed by atoms with Crippen LogP contribution in [0, 0.1) is 0 Å². The summed E-state index contributed by atoms with van der Waals surface area (Å²) in [5, 5.41) is 16.1. The Morgan fingerprint density at radius 1 is 1.53 bits per heavy atom. The Balaban J connectivity index is 2.40. The van der Waals surface area contributed by atoms with Gasteiger partial charge in [-0.15, -0.1) is 11.3 Å². The summed E-state index contributed by atoms with van der Waals surface area (Å²) < 4.78 is 3.50. The van der Waals surface area contributed by atoms with Crippen molar-refractivity contribution in [3.8, 4) is 0 Å². The highest BCUT2D eigenvalue weighted by Crippen LogP contribution is 2.32. The number of halogens is 2. The van der Waals surface area contributed by atoms with Crippen LogP contribution in [-0.4, -0.2) is 14.9 Å². The molecule has 0 fully saturated rings. The second kappa shape index (κ2) is 4.37. The molecule has 2 aromatic heterocycles. The van der Waals surface area contributed by atoms with E-state index in [0.717, 1.165) is 19.5 Å². The molecule has 1 atom stereocenters. The fraction of sp³-hybridized carbons (Fsp3) is 0.222. The molecule has 2 heterocycles. The summed E-state index contributed by atoms with van der Waals surface area (Å²) in [5.41, 5.74) is 1.64. The van der Waals surface area contributed by atoms with Crippen LogP contribution in [0.15, 0.2) is 25.9 Å². The normalized spacial score (nSPS) is 13.1. The topological polar surface area (TPSA) is 38.0 Å². The average Bonchev–Trinajstić information content (AvgIpc) is 2.73. The summed E-state index contributed by atoms with van der Waals surface area (Å²) in [6.45, 7) is 0. The molecule has 0 aliphatic rings. The molecule has 3 nitrogen and oxygen atoms in total. The van der Waals surface area contributed by atoms with Crippen molar-refractivity contribution in [2.45, 2.75) is 6.10 Å². The summed E-state index contributed by atoms with van der Waals surface area (Å²) in [5.74, 6) is 0. The van der Waals surface area contributed by atoms with Gasteiger partial charge >= 0.3 is 0 Å². The van der Waals surface area contributed by atoms with E-state index in [1.54, 1.807) is 22.2 Å². The van der Waals surface area contributed by atoms with Crippen LogP contribution in [0.4, 0.5) is 0 Å². The Kier molecular flexibility index (Phi) is 3.30. The highest BCUT2D eigenvalue weighted by molar-refractivity contribution is 9.11. The zero-order valence-corrected chi connectivity index (χ0v) is 11.8. The van der Waals surface area contributed by atoms with E-state index < -0.39 is 6.10 Å². The third-order valence-electron chi connectivity index (χ3n) is 2.10. The number of nitrogens with zero attached hydrogens (tertiary/aromatic N) is 2. The fourth-order valence-corrected chi connectivity index (χ4v) is 3.11. The second-order valence-electron chi connectivity index (χ2n) is 3.09. The van der Waals surface area contributed by atoms with Crippen LogP contribution in [0.25, 0.3) is 0 Å². The lowest BCUT2D eigenvalue weighted by molar-refractivity contribution is 0.209. The molecular formula is C9H8Br2N2OS. The molecule has 0 saturated carbocycles. The summed E-state index contributed by atoms with van der Waals surface area (Å²) in [4.78, 5) is 0. The molecule has 1 unspecified atom stereocenters. The second-order valence-corrected chi connectivity index (χ2v) is 6.23. The molecule has 0 aliphatic carbocycles. The van der Waals surface area contributed by atoms with Gasteiger partial charge in [-0.3, -0.25) is 4.68 Å². The van der Waals surface area contributed by atoms with E-state index in [-0.39, 0.29) is 0 Å². The fourth-order valence-electron chi connectivity index (χ4n) is 1.35. The molecule has 0 aliphatic heterocycles. The molecular weight excluding hydrogens is 344 g/mol. The zero-order chi connectivity index (χ0) is 11.0. The van der Waals surface area contributed by atoms with Crippen LogP contribution < -0.4 is 0 Å². The lowest BCUT2D eigenvalue weighted by Crippen LogP contribution is -2.06. The number of aromatic nitrogens is 2. The Hall–Kier alpha value is -0.170. The Bertz CT molecular complexity index is 461. The van der Waals surface area contributed by atoms with Crippen molar-refractivity contribution in [2.75, 3.05) is 0 Å². The standard InChI is InChI=1S/C9H8Br2N2OS/c1-13-8(6(10)3-12-13)9(14)5-2-7(11)15-4-5/h2-4,9,14H,1H3. The molecule has 0 spiro atoms. The molecule has 6 heteroatoms. The van der Waals surface area contributed by atoms with Crippen LogP contribution in [0.5, 0.6) is 0 Å². The first-order chi connectivity index (χ1) is 7.09. The minimum absolute atomic E-state index is 0.644. The molecule has 1 N–H and O–H groups in total. The van der Waals surface area contributed by atoms with Gasteiger partial charge in [0.25, 0.3) is 0 Å². The number of thiophene rings is 1. The summed E-state index contributed by atoms with van der Waals surface area (Å²) in [7, 11) is 1.81. The third-order valence-corrected chi connectivity index (χ3v) is 4.23. The van der Waals surface area contributed by atoms with Gasteiger partial charge in [-0.1, -0.05) is 0 Å². The highest BCUT2D eigenvalue weighted by Gasteiger charge is 2.18. The Labute approximate surface area is 108 Å². The van der Waals surface area contributed by atoms with Crippen molar-refractivity contribution in [1.29, 1.82) is 0 Å². The Morgan fingerprint density at radius 3 is 2.73 bits per heavy atom. The predicted molar refractivity (Wildman–Crippen MR) is 67.0 cm³/mol. The van der Waals surface area contributed by atoms with Crippen molar-refractivity contribution in [3.63, 3.8) is 0 Å². The zero-order valence-electron chi connectivity index (χ0n) is 7.82. The average molecular weight is 352 g/mol. The van der Waals surface area contributed by atoms with E-state index in [1.807, 2.05) is 18.5 Å². The van der Waals surface area contributed by atoms with Crippen molar-refractivity contribution in [3.05, 3.63) is 37.2 Å². The summed E-state index contributed by atoms with van der Waals surface area (Å²) >= 11 is 8.30. The van der Waals surface area contributed by atoms with Gasteiger partial charge in [0.2, 0.25) is 0 Å². The quantitative estimate of drug-likeness (QED) is 0.902. The SMILES string of the molecule is Cn1ncc(Br)c1C(O)c1csc(Br)c1. The first kappa shape index (κ1) is 11.3. The molecule has 0 radical (unpaired) electrons. The van der Waals surface area contributed by atoms with Crippen LogP contribution in [0.2, 0.25) is 0 Å². The van der Waals surface area contributed by atoms with Gasteiger partial charge in [-0.25, -0.2) is 0 Å². The van der Waals surface area contributed by atoms with Crippen LogP contribution >= 0.6 is 43.2 Å². The Morgan fingerprint density at radius 2 is 2.27 bits per heavy atom. The van der Waals surface area contributed by atoms with Gasteiger partial charge in [-0.05, 0) is 48.9 Å². The molecule has 0 saturated heterocycles. The van der Waals surface area contributed by atoms with E-state index in [2.05, 4.69) is 37.0 Å². The van der Waals surface area contributed by atoms with E-state index in [9.17, 15) is 5.11 Å². The van der Waals surface area contributed by atoms with Crippen LogP contribution in [0.1, 0.15) is 17.4 Å². The maximum atomic E-state index is 10.2. The van der Waals surface area contributed by atoms with E-state index in [0.29, 0.717) is 0 Å². The minimum atomic E-state index is -0.644. The van der Waals surface area contributed by atoms with Gasteiger partial charge in [0, 0.05) is 7.05 Å². The lowest BCUT2D eigenvalue weighted by atomic mass is 10.1. The molecule has 80 valence electrons. The molecule has 2 rings (SSSR count). The summed E-state index contributed by atoms with van der Waals surface area (Å²) in [6.07, 6.45) is 1.04. The van der Waals surface area contributed by atoms with E-state index >= 15 is 0 Å². The third kappa shape index (κ3) is 2.18. The number of aliphatic hydroxyl groups is 1. The number of aryl methyl sites for hydroxylation is 1. The predicted octanol–water partition coefficient (Wildman–Crippen LogP) is 3.09. The van der Waals surface area contributed by atoms with Gasteiger partial charge in [-0.2, -0.15) is 5.10 Å². The minimum Gasteiger partial charge on any atom is -0.382 e. The molecule has 0 amide bonds. The van der Waals surface area contributed by atoms with Crippen molar-refractivity contribution >= 4 is 43.2 Å². The first-order valence-corrected chi connectivity index (χ1v) is 6.65. The van der Waals surface area contributed by atoms with Gasteiger partial charge < -0.3 is 5.11 Å². The van der Waals surface area contributed by atoms with Crippen LogP contribution in [0.3, 0.4) is 0 Å². The number of hydrogen-bond acceptors (Lipinski definition) is 3. The van der Waals surface area contributed by atoms with E-state index in [4.69, 9.17) is 0 Å². The van der Waals surface area contributed by atoms with Crippen molar-refractivity contribution in [1.82, 2.24) is 9.78 Å². The molecule has 0 aromatic carbocycles.